The number of ether oxygens (including phenoxy) is 1. The van der Waals surface area contributed by atoms with Crippen molar-refractivity contribution in [2.45, 2.75) is 29.6 Å². The van der Waals surface area contributed by atoms with Crippen LogP contribution in [0.1, 0.15) is 18.9 Å². The molecule has 3 rings (SSSR count). The predicted octanol–water partition coefficient (Wildman–Crippen LogP) is 4.00. The van der Waals surface area contributed by atoms with E-state index in [2.05, 4.69) is 46.6 Å². The predicted molar refractivity (Wildman–Crippen MR) is 103 cm³/mol. The van der Waals surface area contributed by atoms with E-state index in [1.165, 1.54) is 21.2 Å². The molecule has 0 saturated carbocycles. The minimum atomic E-state index is -0.173. The molecule has 0 saturated heterocycles. The third-order valence-electron chi connectivity index (χ3n) is 4.15. The lowest BCUT2D eigenvalue weighted by molar-refractivity contribution is -0.142. The third-order valence-corrected chi connectivity index (χ3v) is 5.28. The van der Waals surface area contributed by atoms with E-state index in [1.807, 2.05) is 20.0 Å². The summed E-state index contributed by atoms with van der Waals surface area (Å²) in [5.74, 6) is -0.173. The van der Waals surface area contributed by atoms with E-state index in [-0.39, 0.29) is 5.97 Å². The van der Waals surface area contributed by atoms with Crippen molar-refractivity contribution < 1.29 is 9.53 Å². The summed E-state index contributed by atoms with van der Waals surface area (Å²) in [6.07, 6.45) is 1.37. The van der Waals surface area contributed by atoms with Crippen molar-refractivity contribution in [3.05, 3.63) is 48.0 Å². The number of para-hydroxylation sites is 1. The Bertz CT molecular complexity index is 748. The summed E-state index contributed by atoms with van der Waals surface area (Å²) in [6.45, 7) is 4.17. The second-order valence-electron chi connectivity index (χ2n) is 5.96. The van der Waals surface area contributed by atoms with Gasteiger partial charge >= 0.3 is 5.97 Å². The van der Waals surface area contributed by atoms with E-state index < -0.39 is 0 Å². The van der Waals surface area contributed by atoms with Crippen molar-refractivity contribution in [1.29, 1.82) is 0 Å². The van der Waals surface area contributed by atoms with E-state index >= 15 is 0 Å². The molecule has 1 aliphatic heterocycles. The standard InChI is InChI=1S/C20H24N2O2S/c1-3-24-20(23)14-15-9-10-19-17(13-15)22(12-6-11-21-2)16-7-4-5-8-18(16)25-19/h4-5,7-10,13,21H,3,6,11-12,14H2,1-2H3. The summed E-state index contributed by atoms with van der Waals surface area (Å²) in [7, 11) is 1.98. The van der Waals surface area contributed by atoms with Crippen molar-refractivity contribution in [3.63, 3.8) is 0 Å². The van der Waals surface area contributed by atoms with Crippen LogP contribution in [0, 0.1) is 0 Å². The van der Waals surface area contributed by atoms with Crippen LogP contribution in [0.4, 0.5) is 11.4 Å². The fourth-order valence-electron chi connectivity index (χ4n) is 3.02. The summed E-state index contributed by atoms with van der Waals surface area (Å²) in [5.41, 5.74) is 3.42. The highest BCUT2D eigenvalue weighted by Gasteiger charge is 2.23. The van der Waals surface area contributed by atoms with Crippen molar-refractivity contribution in [2.24, 2.45) is 0 Å². The molecule has 5 heteroatoms. The molecule has 4 nitrogen and oxygen atoms in total. The average Bonchev–Trinajstić information content (AvgIpc) is 2.62. The van der Waals surface area contributed by atoms with Crippen LogP contribution in [0.5, 0.6) is 0 Å². The first kappa shape index (κ1) is 17.8. The van der Waals surface area contributed by atoms with Crippen molar-refractivity contribution in [2.75, 3.05) is 31.6 Å². The molecule has 0 bridgehead atoms. The number of hydrogen-bond donors (Lipinski definition) is 1. The van der Waals surface area contributed by atoms with Gasteiger partial charge in [0.25, 0.3) is 0 Å². The van der Waals surface area contributed by atoms with Gasteiger partial charge in [0.05, 0.1) is 24.4 Å². The van der Waals surface area contributed by atoms with Crippen LogP contribution >= 0.6 is 11.8 Å². The van der Waals surface area contributed by atoms with Gasteiger partial charge in [-0.05, 0) is 56.8 Å². The van der Waals surface area contributed by atoms with Gasteiger partial charge in [-0.15, -0.1) is 0 Å². The molecule has 1 heterocycles. The minimum absolute atomic E-state index is 0.173. The highest BCUT2D eigenvalue weighted by molar-refractivity contribution is 7.99. The maximum Gasteiger partial charge on any atom is 0.310 e. The van der Waals surface area contributed by atoms with Crippen LogP contribution in [0.25, 0.3) is 0 Å². The molecule has 0 radical (unpaired) electrons. The minimum Gasteiger partial charge on any atom is -0.466 e. The lowest BCUT2D eigenvalue weighted by Gasteiger charge is -2.33. The lowest BCUT2D eigenvalue weighted by atomic mass is 10.1. The Morgan fingerprint density at radius 3 is 2.76 bits per heavy atom. The van der Waals surface area contributed by atoms with Crippen molar-refractivity contribution in [3.8, 4) is 0 Å². The number of benzene rings is 2. The number of rotatable bonds is 7. The highest BCUT2D eigenvalue weighted by atomic mass is 32.2. The van der Waals surface area contributed by atoms with Gasteiger partial charge in [0.1, 0.15) is 0 Å². The van der Waals surface area contributed by atoms with Crippen LogP contribution in [0.3, 0.4) is 0 Å². The van der Waals surface area contributed by atoms with Gasteiger partial charge in [0.2, 0.25) is 0 Å². The molecule has 0 aliphatic carbocycles. The Morgan fingerprint density at radius 1 is 1.16 bits per heavy atom. The van der Waals surface area contributed by atoms with E-state index in [4.69, 9.17) is 4.74 Å². The molecule has 0 amide bonds. The van der Waals surface area contributed by atoms with Gasteiger partial charge in [-0.2, -0.15) is 0 Å². The number of carbonyl (C=O) groups is 1. The zero-order chi connectivity index (χ0) is 17.6. The molecule has 2 aromatic carbocycles. The summed E-state index contributed by atoms with van der Waals surface area (Å²) in [4.78, 5) is 16.7. The Morgan fingerprint density at radius 2 is 1.96 bits per heavy atom. The second kappa shape index (κ2) is 8.41. The molecule has 2 aromatic rings. The first-order chi connectivity index (χ1) is 12.2. The summed E-state index contributed by atoms with van der Waals surface area (Å²) < 4.78 is 5.09. The number of esters is 1. The second-order valence-corrected chi connectivity index (χ2v) is 7.05. The van der Waals surface area contributed by atoms with Gasteiger partial charge in [-0.25, -0.2) is 0 Å². The highest BCUT2D eigenvalue weighted by Crippen LogP contribution is 2.48. The molecule has 25 heavy (non-hydrogen) atoms. The number of nitrogens with zero attached hydrogens (tertiary/aromatic N) is 1. The molecular formula is C20H24N2O2S. The molecular weight excluding hydrogens is 332 g/mol. The molecule has 0 fully saturated rings. The summed E-state index contributed by atoms with van der Waals surface area (Å²) in [5, 5.41) is 3.21. The number of nitrogens with one attached hydrogen (secondary N) is 1. The van der Waals surface area contributed by atoms with Crippen LogP contribution in [-0.2, 0) is 16.0 Å². The van der Waals surface area contributed by atoms with Crippen LogP contribution in [-0.4, -0.2) is 32.7 Å². The van der Waals surface area contributed by atoms with Crippen LogP contribution in [0.2, 0.25) is 0 Å². The van der Waals surface area contributed by atoms with Crippen molar-refractivity contribution in [1.82, 2.24) is 5.32 Å². The topological polar surface area (TPSA) is 41.6 Å². The largest absolute Gasteiger partial charge is 0.466 e. The van der Waals surface area contributed by atoms with E-state index in [9.17, 15) is 4.79 Å². The average molecular weight is 356 g/mol. The quantitative estimate of drug-likeness (QED) is 0.600. The zero-order valence-electron chi connectivity index (χ0n) is 14.7. The normalized spacial score (nSPS) is 12.5. The van der Waals surface area contributed by atoms with Gasteiger partial charge in [-0.1, -0.05) is 30.0 Å². The van der Waals surface area contributed by atoms with Crippen LogP contribution < -0.4 is 10.2 Å². The number of fused-ring (bicyclic) bond motifs is 2. The molecule has 0 atom stereocenters. The SMILES string of the molecule is CCOC(=O)Cc1ccc2c(c1)N(CCCNC)c1ccccc1S2. The Hall–Kier alpha value is -1.98. The van der Waals surface area contributed by atoms with Gasteiger partial charge in [-0.3, -0.25) is 4.79 Å². The number of carbonyl (C=O) groups excluding carboxylic acids is 1. The monoisotopic (exact) mass is 356 g/mol. The maximum absolute atomic E-state index is 11.8. The molecule has 0 unspecified atom stereocenters. The van der Waals surface area contributed by atoms with E-state index in [1.54, 1.807) is 11.8 Å². The Kier molecular flexibility index (Phi) is 6.00. The molecule has 1 aliphatic rings. The lowest BCUT2D eigenvalue weighted by Crippen LogP contribution is -2.24. The van der Waals surface area contributed by atoms with Crippen LogP contribution in [0.15, 0.2) is 52.3 Å². The van der Waals surface area contributed by atoms with Gasteiger partial charge in [0, 0.05) is 16.3 Å². The fraction of sp³-hybridized carbons (Fsp3) is 0.350. The number of hydrogen-bond acceptors (Lipinski definition) is 5. The Balaban J connectivity index is 1.90. The fourth-order valence-corrected chi connectivity index (χ4v) is 4.09. The molecule has 1 N–H and O–H groups in total. The smallest absolute Gasteiger partial charge is 0.310 e. The first-order valence-electron chi connectivity index (χ1n) is 8.70. The summed E-state index contributed by atoms with van der Waals surface area (Å²) in [6, 6.07) is 14.8. The first-order valence-corrected chi connectivity index (χ1v) is 9.52. The molecule has 132 valence electrons. The van der Waals surface area contributed by atoms with Gasteiger partial charge in [0.15, 0.2) is 0 Å². The van der Waals surface area contributed by atoms with Gasteiger partial charge < -0.3 is 15.0 Å². The van der Waals surface area contributed by atoms with E-state index in [0.29, 0.717) is 13.0 Å². The van der Waals surface area contributed by atoms with E-state index in [0.717, 1.165) is 25.1 Å². The Labute approximate surface area is 153 Å². The molecule has 0 spiro atoms. The summed E-state index contributed by atoms with van der Waals surface area (Å²) >= 11 is 1.79. The molecule has 0 aromatic heterocycles. The van der Waals surface area contributed by atoms with Crippen molar-refractivity contribution >= 4 is 29.1 Å². The third kappa shape index (κ3) is 4.17. The number of anilines is 2. The maximum atomic E-state index is 11.8. The zero-order valence-corrected chi connectivity index (χ0v) is 15.6.